The molecule has 25 heavy (non-hydrogen) atoms. The van der Waals surface area contributed by atoms with Crippen molar-refractivity contribution in [1.82, 2.24) is 10.3 Å². The lowest BCUT2D eigenvalue weighted by atomic mass is 10.0. The number of hydrogen-bond acceptors (Lipinski definition) is 5. The summed E-state index contributed by atoms with van der Waals surface area (Å²) in [4.78, 5) is 16.9. The summed E-state index contributed by atoms with van der Waals surface area (Å²) in [5, 5.41) is 5.27. The topological polar surface area (TPSA) is 88.2 Å². The van der Waals surface area contributed by atoms with Crippen LogP contribution in [0.3, 0.4) is 0 Å². The summed E-state index contributed by atoms with van der Waals surface area (Å²) >= 11 is 1.02. The number of carbonyl (C=O) groups is 1. The van der Waals surface area contributed by atoms with Crippen LogP contribution in [-0.4, -0.2) is 25.6 Å². The van der Waals surface area contributed by atoms with Gasteiger partial charge in [0.2, 0.25) is 10.0 Å². The van der Waals surface area contributed by atoms with Gasteiger partial charge in [0.05, 0.1) is 11.9 Å². The fraction of sp³-hybridized carbons (Fsp3) is 0.176. The number of anilines is 1. The van der Waals surface area contributed by atoms with Crippen molar-refractivity contribution in [2.24, 2.45) is 0 Å². The zero-order valence-electron chi connectivity index (χ0n) is 13.7. The van der Waals surface area contributed by atoms with Gasteiger partial charge in [-0.25, -0.2) is 13.4 Å². The normalized spacial score (nSPS) is 11.4. The number of nitrogens with one attached hydrogen (secondary N) is 2. The number of benzene rings is 2. The summed E-state index contributed by atoms with van der Waals surface area (Å²) in [6, 6.07) is 13.9. The van der Waals surface area contributed by atoms with Crippen molar-refractivity contribution in [3.05, 3.63) is 58.6 Å². The zero-order valence-corrected chi connectivity index (χ0v) is 15.4. The molecular formula is C17H17N3O3S2. The predicted octanol–water partition coefficient (Wildman–Crippen LogP) is 2.91. The largest absolute Gasteiger partial charge is 0.347 e. The van der Waals surface area contributed by atoms with Gasteiger partial charge in [0, 0.05) is 6.54 Å². The number of carbonyl (C=O) groups excluding carboxylic acids is 1. The molecule has 3 rings (SSSR count). The van der Waals surface area contributed by atoms with Gasteiger partial charge < -0.3 is 5.32 Å². The number of nitrogens with zero attached hydrogens (tertiary/aromatic N) is 1. The van der Waals surface area contributed by atoms with E-state index in [1.54, 1.807) is 6.92 Å². The highest BCUT2D eigenvalue weighted by atomic mass is 32.2. The maximum Gasteiger partial charge on any atom is 0.263 e. The van der Waals surface area contributed by atoms with Crippen LogP contribution in [0.5, 0.6) is 0 Å². The zero-order chi connectivity index (χ0) is 18.0. The Kier molecular flexibility index (Phi) is 4.73. The second kappa shape index (κ2) is 6.81. The monoisotopic (exact) mass is 375 g/mol. The first-order valence-corrected chi connectivity index (χ1v) is 10.2. The summed E-state index contributed by atoms with van der Waals surface area (Å²) in [5.74, 6) is -0.274. The van der Waals surface area contributed by atoms with Gasteiger partial charge in [-0.2, -0.15) is 0 Å². The SMILES string of the molecule is Cc1nc(NS(C)(=O)=O)sc1C(=O)NCc1cccc2ccccc12. The number of sulfonamides is 1. The smallest absolute Gasteiger partial charge is 0.263 e. The van der Waals surface area contributed by atoms with Gasteiger partial charge in [0.15, 0.2) is 5.13 Å². The number of amides is 1. The van der Waals surface area contributed by atoms with Crippen molar-refractivity contribution in [2.45, 2.75) is 13.5 Å². The Labute approximate surface area is 150 Å². The van der Waals surface area contributed by atoms with Gasteiger partial charge >= 0.3 is 0 Å². The lowest BCUT2D eigenvalue weighted by Crippen LogP contribution is -2.22. The quantitative estimate of drug-likeness (QED) is 0.718. The van der Waals surface area contributed by atoms with E-state index in [0.717, 1.165) is 33.9 Å². The van der Waals surface area contributed by atoms with Gasteiger partial charge in [-0.3, -0.25) is 9.52 Å². The highest BCUT2D eigenvalue weighted by Gasteiger charge is 2.17. The highest BCUT2D eigenvalue weighted by molar-refractivity contribution is 7.92. The average molecular weight is 375 g/mol. The first-order chi connectivity index (χ1) is 11.8. The molecule has 1 heterocycles. The van der Waals surface area contributed by atoms with Gasteiger partial charge in [0.1, 0.15) is 4.88 Å². The van der Waals surface area contributed by atoms with Crippen LogP contribution in [0.25, 0.3) is 10.8 Å². The van der Waals surface area contributed by atoms with Crippen LogP contribution < -0.4 is 10.0 Å². The van der Waals surface area contributed by atoms with E-state index in [1.165, 1.54) is 0 Å². The van der Waals surface area contributed by atoms with E-state index in [2.05, 4.69) is 15.0 Å². The first kappa shape index (κ1) is 17.4. The molecule has 0 aliphatic carbocycles. The fourth-order valence-electron chi connectivity index (χ4n) is 2.51. The molecule has 1 amide bonds. The van der Waals surface area contributed by atoms with Crippen LogP contribution in [-0.2, 0) is 16.6 Å². The van der Waals surface area contributed by atoms with Gasteiger partial charge in [0.25, 0.3) is 5.91 Å². The molecule has 0 aliphatic rings. The Morgan fingerprint density at radius 2 is 1.88 bits per heavy atom. The summed E-state index contributed by atoms with van der Waals surface area (Å²) in [6.07, 6.45) is 1.05. The van der Waals surface area contributed by atoms with E-state index >= 15 is 0 Å². The predicted molar refractivity (Wildman–Crippen MR) is 100 cm³/mol. The minimum absolute atomic E-state index is 0.190. The van der Waals surface area contributed by atoms with Gasteiger partial charge in [-0.1, -0.05) is 53.8 Å². The number of aromatic nitrogens is 1. The van der Waals surface area contributed by atoms with Crippen molar-refractivity contribution in [1.29, 1.82) is 0 Å². The third-order valence-electron chi connectivity index (χ3n) is 3.59. The van der Waals surface area contributed by atoms with Crippen LogP contribution in [0.4, 0.5) is 5.13 Å². The molecule has 6 nitrogen and oxygen atoms in total. The van der Waals surface area contributed by atoms with Crippen molar-refractivity contribution in [3.8, 4) is 0 Å². The van der Waals surface area contributed by atoms with E-state index in [0.29, 0.717) is 17.1 Å². The lowest BCUT2D eigenvalue weighted by Gasteiger charge is -2.08. The highest BCUT2D eigenvalue weighted by Crippen LogP contribution is 2.24. The van der Waals surface area contributed by atoms with Crippen LogP contribution in [0.2, 0.25) is 0 Å². The van der Waals surface area contributed by atoms with E-state index < -0.39 is 10.0 Å². The van der Waals surface area contributed by atoms with E-state index in [9.17, 15) is 13.2 Å². The maximum atomic E-state index is 12.4. The summed E-state index contributed by atoms with van der Waals surface area (Å²) in [5.41, 5.74) is 1.51. The minimum Gasteiger partial charge on any atom is -0.347 e. The minimum atomic E-state index is -3.42. The van der Waals surface area contributed by atoms with Crippen LogP contribution in [0, 0.1) is 6.92 Å². The van der Waals surface area contributed by atoms with Crippen LogP contribution >= 0.6 is 11.3 Å². The molecule has 0 radical (unpaired) electrons. The molecule has 0 atom stereocenters. The summed E-state index contributed by atoms with van der Waals surface area (Å²) in [7, 11) is -3.42. The maximum absolute atomic E-state index is 12.4. The molecular weight excluding hydrogens is 358 g/mol. The first-order valence-electron chi connectivity index (χ1n) is 7.53. The molecule has 0 saturated carbocycles. The molecule has 0 unspecified atom stereocenters. The Hall–Kier alpha value is -2.45. The Bertz CT molecular complexity index is 1040. The van der Waals surface area contributed by atoms with E-state index in [1.807, 2.05) is 42.5 Å². The third kappa shape index (κ3) is 4.15. The van der Waals surface area contributed by atoms with Crippen molar-refractivity contribution >= 4 is 43.2 Å². The van der Waals surface area contributed by atoms with Gasteiger partial charge in [-0.15, -0.1) is 0 Å². The van der Waals surface area contributed by atoms with Crippen LogP contribution in [0.1, 0.15) is 20.9 Å². The van der Waals surface area contributed by atoms with Crippen molar-refractivity contribution in [3.63, 3.8) is 0 Å². The molecule has 1 aromatic heterocycles. The molecule has 0 saturated heterocycles. The second-order valence-electron chi connectivity index (χ2n) is 5.63. The number of fused-ring (bicyclic) bond motifs is 1. The second-order valence-corrected chi connectivity index (χ2v) is 8.38. The van der Waals surface area contributed by atoms with Crippen LogP contribution in [0.15, 0.2) is 42.5 Å². The average Bonchev–Trinajstić information content (AvgIpc) is 2.91. The summed E-state index contributed by atoms with van der Waals surface area (Å²) in [6.45, 7) is 2.06. The molecule has 0 bridgehead atoms. The standard InChI is InChI=1S/C17H17N3O3S2/c1-11-15(24-17(19-11)20-25(2,22)23)16(21)18-10-13-8-5-7-12-6-3-4-9-14(12)13/h3-9H,10H2,1-2H3,(H,18,21)(H,19,20). The Morgan fingerprint density at radius 1 is 1.16 bits per heavy atom. The molecule has 0 spiro atoms. The molecule has 0 fully saturated rings. The number of thiazole rings is 1. The van der Waals surface area contributed by atoms with Gasteiger partial charge in [-0.05, 0) is 23.3 Å². The third-order valence-corrected chi connectivity index (χ3v) is 5.36. The Balaban J connectivity index is 1.76. The summed E-state index contributed by atoms with van der Waals surface area (Å²) < 4.78 is 24.9. The fourth-order valence-corrected chi connectivity index (χ4v) is 4.23. The lowest BCUT2D eigenvalue weighted by molar-refractivity contribution is 0.0954. The Morgan fingerprint density at radius 3 is 2.64 bits per heavy atom. The van der Waals surface area contributed by atoms with Crippen molar-refractivity contribution < 1.29 is 13.2 Å². The molecule has 2 aromatic carbocycles. The molecule has 0 aliphatic heterocycles. The van der Waals surface area contributed by atoms with E-state index in [4.69, 9.17) is 0 Å². The molecule has 2 N–H and O–H groups in total. The van der Waals surface area contributed by atoms with Crippen molar-refractivity contribution in [2.75, 3.05) is 11.0 Å². The van der Waals surface area contributed by atoms with E-state index in [-0.39, 0.29) is 11.0 Å². The number of aryl methyl sites for hydroxylation is 1. The molecule has 130 valence electrons. The number of rotatable bonds is 5. The molecule has 3 aromatic rings. The number of hydrogen-bond donors (Lipinski definition) is 2. The molecule has 8 heteroatoms.